The Morgan fingerprint density at radius 3 is 2.08 bits per heavy atom. The summed E-state index contributed by atoms with van der Waals surface area (Å²) < 4.78 is 21.4. The van der Waals surface area contributed by atoms with Gasteiger partial charge >= 0.3 is 0 Å². The van der Waals surface area contributed by atoms with E-state index in [9.17, 15) is 4.79 Å². The Bertz CT molecular complexity index is 1290. The first-order valence-electron chi connectivity index (χ1n) is 11.4. The molecule has 0 atom stereocenters. The van der Waals surface area contributed by atoms with Crippen molar-refractivity contribution in [2.24, 2.45) is 0 Å². The molecule has 0 unspecified atom stereocenters. The largest absolute Gasteiger partial charge is 0.497 e. The number of aromatic nitrogens is 1. The predicted octanol–water partition coefficient (Wildman–Crippen LogP) is 5.88. The average molecular weight is 505 g/mol. The van der Waals surface area contributed by atoms with Crippen LogP contribution in [0.1, 0.15) is 20.8 Å². The highest BCUT2D eigenvalue weighted by molar-refractivity contribution is 7.16. The normalized spacial score (nSPS) is 10.6. The Morgan fingerprint density at radius 1 is 0.833 bits per heavy atom. The number of benzene rings is 3. The lowest BCUT2D eigenvalue weighted by Gasteiger charge is -2.13. The number of hydrogen-bond acceptors (Lipinski definition) is 7. The van der Waals surface area contributed by atoms with Gasteiger partial charge < -0.3 is 18.9 Å². The van der Waals surface area contributed by atoms with Gasteiger partial charge in [-0.1, -0.05) is 30.3 Å². The zero-order valence-corrected chi connectivity index (χ0v) is 21.5. The molecule has 36 heavy (non-hydrogen) atoms. The number of carbonyl (C=O) groups excluding carboxylic acids is 1. The van der Waals surface area contributed by atoms with Crippen molar-refractivity contribution < 1.29 is 23.7 Å². The molecule has 1 aromatic heterocycles. The van der Waals surface area contributed by atoms with Crippen LogP contribution in [-0.2, 0) is 12.8 Å². The van der Waals surface area contributed by atoms with Crippen LogP contribution in [0.25, 0.3) is 11.3 Å². The SMILES string of the molecule is COc1ccc(-c2nc(NC(=O)c3cc(OC)c(OC)c(OC)c3)sc2CCc2ccccc2)cc1. The monoisotopic (exact) mass is 504 g/mol. The van der Waals surface area contributed by atoms with Crippen LogP contribution < -0.4 is 24.3 Å². The van der Waals surface area contributed by atoms with Crippen LogP contribution in [0.15, 0.2) is 66.7 Å². The van der Waals surface area contributed by atoms with Gasteiger partial charge in [0.25, 0.3) is 5.91 Å². The van der Waals surface area contributed by atoms with E-state index in [0.717, 1.165) is 34.7 Å². The van der Waals surface area contributed by atoms with Crippen molar-refractivity contribution in [3.05, 3.63) is 82.7 Å². The molecule has 0 spiro atoms. The molecule has 4 aromatic rings. The highest BCUT2D eigenvalue weighted by Crippen LogP contribution is 2.39. The first kappa shape index (κ1) is 25.1. The summed E-state index contributed by atoms with van der Waals surface area (Å²) in [5.74, 6) is 1.69. The van der Waals surface area contributed by atoms with Gasteiger partial charge in [0.2, 0.25) is 5.75 Å². The van der Waals surface area contributed by atoms with Crippen LogP contribution in [0, 0.1) is 0 Å². The standard InChI is InChI=1S/C28H28N2O5S/c1-32-21-13-11-19(12-14-21)25-24(15-10-18-8-6-5-7-9-18)36-28(29-25)30-27(31)20-16-22(33-2)26(35-4)23(17-20)34-3/h5-9,11-14,16-17H,10,15H2,1-4H3,(H,29,30,31). The first-order valence-corrected chi connectivity index (χ1v) is 12.2. The first-order chi connectivity index (χ1) is 17.6. The van der Waals surface area contributed by atoms with E-state index in [-0.39, 0.29) is 5.91 Å². The minimum atomic E-state index is -0.320. The molecule has 1 amide bonds. The molecule has 0 fully saturated rings. The average Bonchev–Trinajstić information content (AvgIpc) is 3.33. The number of hydrogen-bond donors (Lipinski definition) is 1. The maximum Gasteiger partial charge on any atom is 0.257 e. The molecule has 1 heterocycles. The molecule has 0 saturated carbocycles. The van der Waals surface area contributed by atoms with E-state index in [1.807, 2.05) is 42.5 Å². The van der Waals surface area contributed by atoms with Crippen molar-refractivity contribution in [2.75, 3.05) is 33.8 Å². The van der Waals surface area contributed by atoms with Gasteiger partial charge in [-0.25, -0.2) is 4.98 Å². The van der Waals surface area contributed by atoms with Crippen molar-refractivity contribution in [1.29, 1.82) is 0 Å². The summed E-state index contributed by atoms with van der Waals surface area (Å²) in [5, 5.41) is 3.46. The third-order valence-electron chi connectivity index (χ3n) is 5.69. The second kappa shape index (κ2) is 11.6. The molecule has 0 aliphatic rings. The Kier molecular flexibility index (Phi) is 8.07. The summed E-state index contributed by atoms with van der Waals surface area (Å²) in [6.07, 6.45) is 1.66. The van der Waals surface area contributed by atoms with E-state index in [4.69, 9.17) is 23.9 Å². The number of anilines is 1. The summed E-state index contributed by atoms with van der Waals surface area (Å²) in [7, 11) is 6.19. The minimum Gasteiger partial charge on any atom is -0.497 e. The van der Waals surface area contributed by atoms with Gasteiger partial charge in [0.05, 0.1) is 34.1 Å². The van der Waals surface area contributed by atoms with Crippen LogP contribution in [-0.4, -0.2) is 39.3 Å². The van der Waals surface area contributed by atoms with Gasteiger partial charge in [-0.2, -0.15) is 0 Å². The fourth-order valence-corrected chi connectivity index (χ4v) is 4.81. The molecule has 4 rings (SSSR count). The third kappa shape index (κ3) is 5.60. The molecule has 0 aliphatic carbocycles. The molecule has 1 N–H and O–H groups in total. The Balaban J connectivity index is 1.63. The number of nitrogens with zero attached hydrogens (tertiary/aromatic N) is 1. The molecular weight excluding hydrogens is 476 g/mol. The number of amides is 1. The summed E-state index contributed by atoms with van der Waals surface area (Å²) in [4.78, 5) is 19.0. The van der Waals surface area contributed by atoms with Crippen LogP contribution in [0.4, 0.5) is 5.13 Å². The lowest BCUT2D eigenvalue weighted by Crippen LogP contribution is -2.12. The van der Waals surface area contributed by atoms with Crippen LogP contribution in [0.5, 0.6) is 23.0 Å². The van der Waals surface area contributed by atoms with Gasteiger partial charge in [-0.3, -0.25) is 10.1 Å². The van der Waals surface area contributed by atoms with E-state index in [0.29, 0.717) is 27.9 Å². The maximum absolute atomic E-state index is 13.2. The lowest BCUT2D eigenvalue weighted by molar-refractivity contribution is 0.102. The van der Waals surface area contributed by atoms with Gasteiger partial charge in [0.15, 0.2) is 16.6 Å². The van der Waals surface area contributed by atoms with Crippen molar-refractivity contribution >= 4 is 22.4 Å². The topological polar surface area (TPSA) is 78.9 Å². The summed E-state index contributed by atoms with van der Waals surface area (Å²) >= 11 is 1.47. The van der Waals surface area contributed by atoms with E-state index in [1.54, 1.807) is 19.2 Å². The minimum absolute atomic E-state index is 0.320. The van der Waals surface area contributed by atoms with Crippen molar-refractivity contribution in [2.45, 2.75) is 12.8 Å². The van der Waals surface area contributed by atoms with E-state index >= 15 is 0 Å². The fraction of sp³-hybridized carbons (Fsp3) is 0.214. The lowest BCUT2D eigenvalue weighted by atomic mass is 10.1. The highest BCUT2D eigenvalue weighted by atomic mass is 32.1. The quantitative estimate of drug-likeness (QED) is 0.290. The van der Waals surface area contributed by atoms with Crippen LogP contribution in [0.2, 0.25) is 0 Å². The van der Waals surface area contributed by atoms with Crippen molar-refractivity contribution in [3.8, 4) is 34.3 Å². The Labute approximate surface area is 214 Å². The molecular formula is C28H28N2O5S. The van der Waals surface area contributed by atoms with E-state index in [2.05, 4.69) is 17.4 Å². The van der Waals surface area contributed by atoms with Gasteiger partial charge in [-0.15, -0.1) is 11.3 Å². The highest BCUT2D eigenvalue weighted by Gasteiger charge is 2.20. The van der Waals surface area contributed by atoms with E-state index in [1.165, 1.54) is 38.2 Å². The maximum atomic E-state index is 13.2. The van der Waals surface area contributed by atoms with Crippen molar-refractivity contribution in [3.63, 3.8) is 0 Å². The Morgan fingerprint density at radius 2 is 1.50 bits per heavy atom. The molecule has 0 saturated heterocycles. The molecule has 3 aromatic carbocycles. The number of ether oxygens (including phenoxy) is 4. The predicted molar refractivity (Wildman–Crippen MR) is 142 cm³/mol. The summed E-state index contributed by atoms with van der Waals surface area (Å²) in [6.45, 7) is 0. The molecule has 0 aliphatic heterocycles. The number of nitrogens with one attached hydrogen (secondary N) is 1. The zero-order chi connectivity index (χ0) is 25.5. The van der Waals surface area contributed by atoms with Crippen LogP contribution >= 0.6 is 11.3 Å². The summed E-state index contributed by atoms with van der Waals surface area (Å²) in [6, 6.07) is 21.3. The number of carbonyl (C=O) groups is 1. The second-order valence-electron chi connectivity index (χ2n) is 7.87. The smallest absolute Gasteiger partial charge is 0.257 e. The number of rotatable bonds is 10. The molecule has 0 bridgehead atoms. The number of methoxy groups -OCH3 is 4. The van der Waals surface area contributed by atoms with E-state index < -0.39 is 0 Å². The number of aryl methyl sites for hydroxylation is 2. The number of thiazole rings is 1. The van der Waals surface area contributed by atoms with Crippen LogP contribution in [0.3, 0.4) is 0 Å². The second-order valence-corrected chi connectivity index (χ2v) is 8.96. The Hall–Kier alpha value is -4.04. The van der Waals surface area contributed by atoms with Crippen molar-refractivity contribution in [1.82, 2.24) is 4.98 Å². The molecule has 8 heteroatoms. The molecule has 186 valence electrons. The fourth-order valence-electron chi connectivity index (χ4n) is 3.83. The summed E-state index contributed by atoms with van der Waals surface area (Å²) in [5.41, 5.74) is 3.42. The zero-order valence-electron chi connectivity index (χ0n) is 20.7. The third-order valence-corrected chi connectivity index (χ3v) is 6.72. The molecule has 0 radical (unpaired) electrons. The van der Waals surface area contributed by atoms with Gasteiger partial charge in [0.1, 0.15) is 5.75 Å². The van der Waals surface area contributed by atoms with Gasteiger partial charge in [-0.05, 0) is 54.8 Å². The van der Waals surface area contributed by atoms with Gasteiger partial charge in [0, 0.05) is 16.0 Å². The molecule has 7 nitrogen and oxygen atoms in total.